The minimum absolute atomic E-state index is 0.0329. The summed E-state index contributed by atoms with van der Waals surface area (Å²) >= 11 is 0. The third-order valence-corrected chi connectivity index (χ3v) is 2.81. The fourth-order valence-electron chi connectivity index (χ4n) is 1.85. The number of rotatable bonds is 4. The number of aryl methyl sites for hydroxylation is 2. The number of aromatic nitrogens is 2. The molecule has 2 N–H and O–H groups in total. The zero-order valence-electron chi connectivity index (χ0n) is 11.1. The van der Waals surface area contributed by atoms with Crippen molar-refractivity contribution >= 4 is 0 Å². The van der Waals surface area contributed by atoms with Gasteiger partial charge < -0.3 is 10.5 Å². The Morgan fingerprint density at radius 2 is 2.22 bits per heavy atom. The summed E-state index contributed by atoms with van der Waals surface area (Å²) in [6.07, 6.45) is 3.75. The highest BCUT2D eigenvalue weighted by molar-refractivity contribution is 5.39. The van der Waals surface area contributed by atoms with E-state index in [-0.39, 0.29) is 6.04 Å². The molecule has 4 heteroatoms. The van der Waals surface area contributed by atoms with Crippen LogP contribution in [0.25, 0.3) is 0 Å². The van der Waals surface area contributed by atoms with Gasteiger partial charge in [-0.25, -0.2) is 0 Å². The summed E-state index contributed by atoms with van der Waals surface area (Å²) in [6, 6.07) is 6.07. The molecule has 2 aromatic rings. The van der Waals surface area contributed by atoms with E-state index < -0.39 is 0 Å². The average molecular weight is 245 g/mol. The quantitative estimate of drug-likeness (QED) is 0.899. The Hall–Kier alpha value is -1.81. The van der Waals surface area contributed by atoms with E-state index in [0.29, 0.717) is 6.61 Å². The second kappa shape index (κ2) is 5.23. The van der Waals surface area contributed by atoms with Crippen LogP contribution in [0.5, 0.6) is 5.75 Å². The molecule has 4 nitrogen and oxygen atoms in total. The number of benzene rings is 1. The standard InChI is InChI=1S/C14H19N3O/c1-10-4-5-13(11(2)15)14(6-10)18-9-12-7-16-17(3)8-12/h4-8,11H,9,15H2,1-3H3. The molecule has 1 atom stereocenters. The lowest BCUT2D eigenvalue weighted by Gasteiger charge is -2.14. The van der Waals surface area contributed by atoms with E-state index >= 15 is 0 Å². The van der Waals surface area contributed by atoms with Crippen molar-refractivity contribution in [2.45, 2.75) is 26.5 Å². The topological polar surface area (TPSA) is 53.1 Å². The van der Waals surface area contributed by atoms with Gasteiger partial charge in [0.05, 0.1) is 6.20 Å². The molecule has 2 rings (SSSR count). The molecule has 0 spiro atoms. The molecule has 96 valence electrons. The van der Waals surface area contributed by atoms with Crippen molar-refractivity contribution in [1.82, 2.24) is 9.78 Å². The molecule has 1 unspecified atom stereocenters. The number of nitrogens with zero attached hydrogens (tertiary/aromatic N) is 2. The van der Waals surface area contributed by atoms with E-state index in [9.17, 15) is 0 Å². The molecule has 0 saturated carbocycles. The van der Waals surface area contributed by atoms with Gasteiger partial charge in [0, 0.05) is 30.4 Å². The predicted octanol–water partition coefficient (Wildman–Crippen LogP) is 2.33. The van der Waals surface area contributed by atoms with Crippen LogP contribution in [0.4, 0.5) is 0 Å². The van der Waals surface area contributed by atoms with Crippen LogP contribution in [0, 0.1) is 6.92 Å². The van der Waals surface area contributed by atoms with Gasteiger partial charge in [0.15, 0.2) is 0 Å². The van der Waals surface area contributed by atoms with Crippen LogP contribution in [-0.4, -0.2) is 9.78 Å². The van der Waals surface area contributed by atoms with Gasteiger partial charge in [0.1, 0.15) is 12.4 Å². The van der Waals surface area contributed by atoms with Crippen LogP contribution >= 0.6 is 0 Å². The van der Waals surface area contributed by atoms with E-state index in [1.165, 1.54) is 5.56 Å². The van der Waals surface area contributed by atoms with Crippen molar-refractivity contribution < 1.29 is 4.74 Å². The lowest BCUT2D eigenvalue weighted by molar-refractivity contribution is 0.301. The molecule has 1 aromatic carbocycles. The highest BCUT2D eigenvalue weighted by Crippen LogP contribution is 2.25. The maximum absolute atomic E-state index is 5.94. The Kier molecular flexibility index (Phi) is 3.67. The fraction of sp³-hybridized carbons (Fsp3) is 0.357. The Labute approximate surface area is 107 Å². The molecule has 1 aromatic heterocycles. The van der Waals surface area contributed by atoms with Crippen molar-refractivity contribution in [1.29, 1.82) is 0 Å². The lowest BCUT2D eigenvalue weighted by Crippen LogP contribution is -2.08. The molecule has 0 saturated heterocycles. The first-order chi connectivity index (χ1) is 8.56. The van der Waals surface area contributed by atoms with E-state index in [1.54, 1.807) is 10.9 Å². The van der Waals surface area contributed by atoms with Gasteiger partial charge in [-0.05, 0) is 25.5 Å². The molecule has 0 amide bonds. The van der Waals surface area contributed by atoms with Crippen LogP contribution in [0.1, 0.15) is 29.7 Å². The molecule has 1 heterocycles. The van der Waals surface area contributed by atoms with Crippen LogP contribution in [0.15, 0.2) is 30.6 Å². The number of ether oxygens (including phenoxy) is 1. The van der Waals surface area contributed by atoms with Gasteiger partial charge in [-0.3, -0.25) is 4.68 Å². The Bertz CT molecular complexity index is 532. The highest BCUT2D eigenvalue weighted by Gasteiger charge is 2.09. The second-order valence-corrected chi connectivity index (χ2v) is 4.64. The maximum atomic E-state index is 5.94. The summed E-state index contributed by atoms with van der Waals surface area (Å²) in [5.74, 6) is 0.855. The smallest absolute Gasteiger partial charge is 0.124 e. The van der Waals surface area contributed by atoms with Gasteiger partial charge in [0.25, 0.3) is 0 Å². The SMILES string of the molecule is Cc1ccc(C(C)N)c(OCc2cnn(C)c2)c1. The molecule has 0 bridgehead atoms. The van der Waals surface area contributed by atoms with E-state index in [0.717, 1.165) is 16.9 Å². The third-order valence-electron chi connectivity index (χ3n) is 2.81. The monoisotopic (exact) mass is 245 g/mol. The van der Waals surface area contributed by atoms with Crippen molar-refractivity contribution in [2.75, 3.05) is 0 Å². The Morgan fingerprint density at radius 3 is 2.83 bits per heavy atom. The number of hydrogen-bond acceptors (Lipinski definition) is 3. The largest absolute Gasteiger partial charge is 0.488 e. The fourth-order valence-corrected chi connectivity index (χ4v) is 1.85. The lowest BCUT2D eigenvalue weighted by atomic mass is 10.1. The van der Waals surface area contributed by atoms with Crippen LogP contribution in [-0.2, 0) is 13.7 Å². The first-order valence-electron chi connectivity index (χ1n) is 6.02. The van der Waals surface area contributed by atoms with Crippen molar-refractivity contribution in [3.05, 3.63) is 47.3 Å². The average Bonchev–Trinajstić information content (AvgIpc) is 2.72. The number of hydrogen-bond donors (Lipinski definition) is 1. The second-order valence-electron chi connectivity index (χ2n) is 4.64. The third kappa shape index (κ3) is 2.90. The van der Waals surface area contributed by atoms with Crippen LogP contribution in [0.3, 0.4) is 0 Å². The zero-order valence-corrected chi connectivity index (χ0v) is 11.1. The predicted molar refractivity (Wildman–Crippen MR) is 71.3 cm³/mol. The summed E-state index contributed by atoms with van der Waals surface area (Å²) < 4.78 is 7.61. The van der Waals surface area contributed by atoms with Gasteiger partial charge in [-0.1, -0.05) is 12.1 Å². The summed E-state index contributed by atoms with van der Waals surface area (Å²) in [5.41, 5.74) is 9.19. The van der Waals surface area contributed by atoms with Gasteiger partial charge in [0.2, 0.25) is 0 Å². The van der Waals surface area contributed by atoms with E-state index in [4.69, 9.17) is 10.5 Å². The van der Waals surface area contributed by atoms with Crippen molar-refractivity contribution in [3.8, 4) is 5.75 Å². The zero-order chi connectivity index (χ0) is 13.1. The maximum Gasteiger partial charge on any atom is 0.124 e. The Morgan fingerprint density at radius 1 is 1.44 bits per heavy atom. The summed E-state index contributed by atoms with van der Waals surface area (Å²) in [4.78, 5) is 0. The van der Waals surface area contributed by atoms with Crippen molar-refractivity contribution in [2.24, 2.45) is 12.8 Å². The summed E-state index contributed by atoms with van der Waals surface area (Å²) in [7, 11) is 1.89. The molecule has 0 aliphatic rings. The van der Waals surface area contributed by atoms with Gasteiger partial charge in [-0.2, -0.15) is 5.10 Å². The van der Waals surface area contributed by atoms with Gasteiger partial charge in [-0.15, -0.1) is 0 Å². The molecular weight excluding hydrogens is 226 g/mol. The molecular formula is C14H19N3O. The molecule has 0 aliphatic carbocycles. The van der Waals surface area contributed by atoms with Crippen molar-refractivity contribution in [3.63, 3.8) is 0 Å². The number of nitrogens with two attached hydrogens (primary N) is 1. The molecule has 0 fully saturated rings. The minimum atomic E-state index is -0.0329. The minimum Gasteiger partial charge on any atom is -0.488 e. The van der Waals surface area contributed by atoms with E-state index in [2.05, 4.69) is 11.2 Å². The normalized spacial score (nSPS) is 12.4. The molecule has 18 heavy (non-hydrogen) atoms. The van der Waals surface area contributed by atoms with E-state index in [1.807, 2.05) is 39.2 Å². The van der Waals surface area contributed by atoms with Crippen LogP contribution < -0.4 is 10.5 Å². The highest BCUT2D eigenvalue weighted by atomic mass is 16.5. The molecule has 0 aliphatic heterocycles. The van der Waals surface area contributed by atoms with Gasteiger partial charge >= 0.3 is 0 Å². The molecule has 0 radical (unpaired) electrons. The van der Waals surface area contributed by atoms with Crippen LogP contribution in [0.2, 0.25) is 0 Å². The first kappa shape index (κ1) is 12.6. The summed E-state index contributed by atoms with van der Waals surface area (Å²) in [6.45, 7) is 4.51. The summed E-state index contributed by atoms with van der Waals surface area (Å²) in [5, 5.41) is 4.12. The Balaban J connectivity index is 2.15. The first-order valence-corrected chi connectivity index (χ1v) is 6.02.